The van der Waals surface area contributed by atoms with Crippen LogP contribution >= 0.6 is 11.6 Å². The Morgan fingerprint density at radius 1 is 1.18 bits per heavy atom. The molecule has 0 radical (unpaired) electrons. The highest BCUT2D eigenvalue weighted by atomic mass is 35.5. The molecule has 0 spiro atoms. The van der Waals surface area contributed by atoms with Crippen LogP contribution in [0.15, 0.2) is 18.2 Å². The minimum absolute atomic E-state index is 0.0109. The van der Waals surface area contributed by atoms with Gasteiger partial charge in [0.1, 0.15) is 12.4 Å². The fourth-order valence-electron chi connectivity index (χ4n) is 5.60. The number of hydrogen-bond acceptors (Lipinski definition) is 9. The first kappa shape index (κ1) is 34.3. The van der Waals surface area contributed by atoms with Crippen LogP contribution in [0, 0.1) is 11.3 Å². The maximum atomic E-state index is 13.9. The molecule has 0 aliphatic carbocycles. The van der Waals surface area contributed by atoms with Crippen molar-refractivity contribution in [3.05, 3.63) is 40.0 Å². The fraction of sp³-hybridized carbons (Fsp3) is 0.571. The van der Waals surface area contributed by atoms with Crippen LogP contribution in [-0.4, -0.2) is 90.6 Å². The van der Waals surface area contributed by atoms with Crippen LogP contribution in [0.1, 0.15) is 36.1 Å². The molecule has 2 N–H and O–H groups in total. The largest absolute Gasteiger partial charge is 0.490 e. The predicted molar refractivity (Wildman–Crippen MR) is 152 cm³/mol. The smallest absolute Gasteiger partial charge is 0.475 e. The van der Waals surface area contributed by atoms with Crippen LogP contribution in [0.4, 0.5) is 37.8 Å². The van der Waals surface area contributed by atoms with Crippen molar-refractivity contribution < 1.29 is 41.0 Å². The fourth-order valence-corrected chi connectivity index (χ4v) is 5.88. The standard InChI is InChI=1S/C26H31ClF3N7O.C2HF3O2/c1-35-11-3-4-18(35)16-38-25-33-21-15-36(22-6-2-5-20(27)23(22)26(28,29)30)12-8-19(21)24(34-25)37-13-10-32-17(14-37)7-9-31;3-2(4,5)1(6)7/h2,5-6,17-18,32H,3-4,7-8,10-16H2,1H3;(H,6,7)/t17-,18+;/m0./s1. The van der Waals surface area contributed by atoms with Gasteiger partial charge in [0, 0.05) is 43.8 Å². The Morgan fingerprint density at radius 2 is 1.91 bits per heavy atom. The monoisotopic (exact) mass is 663 g/mol. The molecule has 3 aliphatic rings. The van der Waals surface area contributed by atoms with Gasteiger partial charge in [0.25, 0.3) is 0 Å². The number of aliphatic carboxylic acids is 1. The van der Waals surface area contributed by atoms with Gasteiger partial charge in [-0.05, 0) is 45.0 Å². The Kier molecular flexibility index (Phi) is 10.9. The topological polar surface area (TPSA) is 118 Å². The summed E-state index contributed by atoms with van der Waals surface area (Å²) in [6, 6.07) is 7.00. The van der Waals surface area contributed by atoms with Gasteiger partial charge in [-0.15, -0.1) is 0 Å². The number of likely N-dealkylation sites (N-methyl/N-ethyl adjacent to an activating group) is 1. The first-order chi connectivity index (χ1) is 21.2. The number of carboxylic acids is 1. The van der Waals surface area contributed by atoms with Gasteiger partial charge in [-0.1, -0.05) is 17.7 Å². The van der Waals surface area contributed by atoms with Crippen molar-refractivity contribution in [2.45, 2.75) is 56.7 Å². The highest BCUT2D eigenvalue weighted by molar-refractivity contribution is 6.31. The van der Waals surface area contributed by atoms with Crippen molar-refractivity contribution in [1.29, 1.82) is 5.26 Å². The number of anilines is 2. The number of carbonyl (C=O) groups is 1. The second kappa shape index (κ2) is 14.3. The van der Waals surface area contributed by atoms with Crippen molar-refractivity contribution in [1.82, 2.24) is 20.2 Å². The zero-order valence-electron chi connectivity index (χ0n) is 24.3. The van der Waals surface area contributed by atoms with E-state index in [9.17, 15) is 31.6 Å². The van der Waals surface area contributed by atoms with Gasteiger partial charge in [-0.3, -0.25) is 0 Å². The van der Waals surface area contributed by atoms with Gasteiger partial charge in [0.05, 0.1) is 41.0 Å². The zero-order valence-corrected chi connectivity index (χ0v) is 25.0. The van der Waals surface area contributed by atoms with Crippen LogP contribution in [0.5, 0.6) is 6.01 Å². The van der Waals surface area contributed by atoms with Crippen LogP contribution in [-0.2, 0) is 23.9 Å². The van der Waals surface area contributed by atoms with E-state index >= 15 is 0 Å². The maximum absolute atomic E-state index is 13.9. The SMILES string of the molecule is CN1CCC[C@@H]1COc1nc2c(c(N3CCN[C@@H](CC#N)C3)n1)CCN(c1cccc(Cl)c1C(F)(F)F)C2.O=C(O)C(F)(F)F. The molecule has 2 atom stereocenters. The molecule has 0 amide bonds. The molecule has 1 aromatic carbocycles. The number of fused-ring (bicyclic) bond motifs is 1. The van der Waals surface area contributed by atoms with E-state index in [-0.39, 0.29) is 35.3 Å². The van der Waals surface area contributed by atoms with E-state index in [1.807, 2.05) is 0 Å². The van der Waals surface area contributed by atoms with E-state index in [4.69, 9.17) is 36.2 Å². The number of aromatic nitrogens is 2. The summed E-state index contributed by atoms with van der Waals surface area (Å²) in [6.07, 6.45) is -6.66. The summed E-state index contributed by atoms with van der Waals surface area (Å²) in [5, 5.41) is 19.4. The van der Waals surface area contributed by atoms with Crippen molar-refractivity contribution >= 4 is 29.1 Å². The molecular weight excluding hydrogens is 632 g/mol. The van der Waals surface area contributed by atoms with Crippen molar-refractivity contribution in [3.8, 4) is 12.1 Å². The lowest BCUT2D eigenvalue weighted by molar-refractivity contribution is -0.192. The normalized spacial score (nSPS) is 20.6. The summed E-state index contributed by atoms with van der Waals surface area (Å²) < 4.78 is 79.6. The molecule has 0 saturated carbocycles. The second-order valence-electron chi connectivity index (χ2n) is 10.9. The number of nitrogens with one attached hydrogen (secondary N) is 1. The lowest BCUT2D eigenvalue weighted by atomic mass is 10.0. The number of nitriles is 1. The number of nitrogens with zero attached hydrogens (tertiary/aromatic N) is 6. The van der Waals surface area contributed by atoms with Crippen molar-refractivity contribution in [2.24, 2.45) is 0 Å². The Bertz CT molecular complexity index is 1400. The van der Waals surface area contributed by atoms with Crippen LogP contribution in [0.2, 0.25) is 5.02 Å². The third kappa shape index (κ3) is 8.59. The van der Waals surface area contributed by atoms with Crippen LogP contribution in [0.3, 0.4) is 0 Å². The summed E-state index contributed by atoms with van der Waals surface area (Å²) in [5.74, 6) is -2.01. The second-order valence-corrected chi connectivity index (χ2v) is 11.3. The number of likely N-dealkylation sites (tertiary alicyclic amines) is 1. The van der Waals surface area contributed by atoms with Crippen molar-refractivity contribution in [3.63, 3.8) is 0 Å². The number of piperazine rings is 1. The molecule has 0 unspecified atom stereocenters. The molecule has 1 aromatic heterocycles. The molecule has 17 heteroatoms. The molecule has 246 valence electrons. The summed E-state index contributed by atoms with van der Waals surface area (Å²) in [7, 11) is 2.07. The Hall–Kier alpha value is -3.55. The third-order valence-corrected chi connectivity index (χ3v) is 8.17. The van der Waals surface area contributed by atoms with E-state index in [0.717, 1.165) is 30.8 Å². The van der Waals surface area contributed by atoms with Crippen LogP contribution in [0.25, 0.3) is 0 Å². The van der Waals surface area contributed by atoms with Gasteiger partial charge in [-0.2, -0.15) is 41.6 Å². The van der Waals surface area contributed by atoms with E-state index < -0.39 is 23.9 Å². The summed E-state index contributed by atoms with van der Waals surface area (Å²) >= 11 is 6.01. The Morgan fingerprint density at radius 3 is 2.53 bits per heavy atom. The molecule has 0 bridgehead atoms. The molecule has 2 aromatic rings. The summed E-state index contributed by atoms with van der Waals surface area (Å²) in [4.78, 5) is 24.5. The van der Waals surface area contributed by atoms with E-state index in [1.165, 1.54) is 18.2 Å². The highest BCUT2D eigenvalue weighted by Crippen LogP contribution is 2.43. The first-order valence-electron chi connectivity index (χ1n) is 14.2. The average Bonchev–Trinajstić information content (AvgIpc) is 3.39. The summed E-state index contributed by atoms with van der Waals surface area (Å²) in [5.41, 5.74) is 0.781. The van der Waals surface area contributed by atoms with Gasteiger partial charge in [0.15, 0.2) is 0 Å². The molecular formula is C28H32ClF6N7O3. The quantitative estimate of drug-likeness (QED) is 0.428. The van der Waals surface area contributed by atoms with Gasteiger partial charge < -0.3 is 29.9 Å². The van der Waals surface area contributed by atoms with E-state index in [1.54, 1.807) is 4.90 Å². The maximum Gasteiger partial charge on any atom is 0.490 e. The number of halogens is 7. The molecule has 5 rings (SSSR count). The number of hydrogen-bond donors (Lipinski definition) is 2. The molecule has 45 heavy (non-hydrogen) atoms. The van der Waals surface area contributed by atoms with E-state index in [0.29, 0.717) is 51.3 Å². The zero-order chi connectivity index (χ0) is 32.9. The predicted octanol–water partition coefficient (Wildman–Crippen LogP) is 4.51. The molecule has 2 fully saturated rings. The average molecular weight is 664 g/mol. The molecule has 4 heterocycles. The van der Waals surface area contributed by atoms with E-state index in [2.05, 4.69) is 28.2 Å². The van der Waals surface area contributed by atoms with Gasteiger partial charge in [-0.25, -0.2) is 4.79 Å². The van der Waals surface area contributed by atoms with Gasteiger partial charge in [0.2, 0.25) is 0 Å². The number of rotatable bonds is 6. The molecule has 10 nitrogen and oxygen atoms in total. The minimum Gasteiger partial charge on any atom is -0.475 e. The minimum atomic E-state index is -5.08. The lowest BCUT2D eigenvalue weighted by Crippen LogP contribution is -2.51. The Balaban J connectivity index is 0.000000591. The number of carboxylic acid groups (broad SMARTS) is 1. The highest BCUT2D eigenvalue weighted by Gasteiger charge is 2.39. The van der Waals surface area contributed by atoms with Gasteiger partial charge >= 0.3 is 24.3 Å². The lowest BCUT2D eigenvalue weighted by Gasteiger charge is -2.37. The molecule has 3 aliphatic heterocycles. The van der Waals surface area contributed by atoms with Crippen molar-refractivity contribution in [2.75, 3.05) is 56.2 Å². The third-order valence-electron chi connectivity index (χ3n) is 7.85. The number of benzene rings is 1. The number of ether oxygens (including phenoxy) is 1. The first-order valence-corrected chi connectivity index (χ1v) is 14.6. The number of alkyl halides is 6. The Labute approximate surface area is 260 Å². The summed E-state index contributed by atoms with van der Waals surface area (Å²) in [6.45, 7) is 4.03. The van der Waals surface area contributed by atoms with Crippen LogP contribution < -0.4 is 19.9 Å². The molecule has 2 saturated heterocycles.